The second-order valence-electron chi connectivity index (χ2n) is 6.87. The summed E-state index contributed by atoms with van der Waals surface area (Å²) in [5, 5.41) is 3.33. The van der Waals surface area contributed by atoms with Crippen LogP contribution in [0.5, 0.6) is 0 Å². The highest BCUT2D eigenvalue weighted by Crippen LogP contribution is 2.27. The van der Waals surface area contributed by atoms with E-state index in [0.717, 1.165) is 30.4 Å². The molecular weight excluding hydrogens is 330 g/mol. The maximum Gasteiger partial charge on any atom is 0.232 e. The summed E-state index contributed by atoms with van der Waals surface area (Å²) < 4.78 is 0. The third kappa shape index (κ3) is 5.07. The highest BCUT2D eigenvalue weighted by molar-refractivity contribution is 5.87. The van der Waals surface area contributed by atoms with Crippen LogP contribution in [0, 0.1) is 0 Å². The molecule has 0 aliphatic rings. The molecule has 0 aromatic heterocycles. The molecule has 0 radical (unpaired) electrons. The minimum atomic E-state index is -0.305. The first-order valence-electron chi connectivity index (χ1n) is 9.74. The van der Waals surface area contributed by atoms with Crippen LogP contribution < -0.4 is 5.32 Å². The standard InChI is InChI=1S/C25H27NO/c1-2-3-19-23(20-13-7-4-8-14-20)26-25(27)24(21-15-9-5-10-16-21)22-17-11-6-12-18-22/h4-18,23-24H,2-3,19H2,1H3,(H,26,27). The van der Waals surface area contributed by atoms with Crippen molar-refractivity contribution in [2.75, 3.05) is 0 Å². The number of carbonyl (C=O) groups is 1. The van der Waals surface area contributed by atoms with Gasteiger partial charge < -0.3 is 5.32 Å². The van der Waals surface area contributed by atoms with Crippen molar-refractivity contribution in [1.29, 1.82) is 0 Å². The molecule has 2 heteroatoms. The summed E-state index contributed by atoms with van der Waals surface area (Å²) in [4.78, 5) is 13.4. The van der Waals surface area contributed by atoms with Gasteiger partial charge in [0.05, 0.1) is 12.0 Å². The van der Waals surface area contributed by atoms with Gasteiger partial charge in [0.1, 0.15) is 0 Å². The van der Waals surface area contributed by atoms with Crippen molar-refractivity contribution in [3.05, 3.63) is 108 Å². The molecule has 0 fully saturated rings. The van der Waals surface area contributed by atoms with E-state index in [0.29, 0.717) is 0 Å². The monoisotopic (exact) mass is 357 g/mol. The van der Waals surface area contributed by atoms with Crippen LogP contribution in [0.25, 0.3) is 0 Å². The van der Waals surface area contributed by atoms with Gasteiger partial charge in [-0.1, -0.05) is 111 Å². The molecule has 0 saturated heterocycles. The molecule has 3 aromatic rings. The fourth-order valence-electron chi connectivity index (χ4n) is 3.46. The lowest BCUT2D eigenvalue weighted by Gasteiger charge is -2.24. The average molecular weight is 357 g/mol. The fraction of sp³-hybridized carbons (Fsp3) is 0.240. The number of carbonyl (C=O) groups excluding carboxylic acids is 1. The van der Waals surface area contributed by atoms with E-state index in [4.69, 9.17) is 0 Å². The van der Waals surface area contributed by atoms with Crippen molar-refractivity contribution >= 4 is 5.91 Å². The Kier molecular flexibility index (Phi) is 6.81. The summed E-state index contributed by atoms with van der Waals surface area (Å²) >= 11 is 0. The molecular formula is C25H27NO. The molecule has 0 heterocycles. The SMILES string of the molecule is CCCCC(NC(=O)C(c1ccccc1)c1ccccc1)c1ccccc1. The number of hydrogen-bond donors (Lipinski definition) is 1. The molecule has 0 spiro atoms. The predicted octanol–water partition coefficient (Wildman–Crippen LogP) is 5.87. The number of nitrogens with one attached hydrogen (secondary N) is 1. The van der Waals surface area contributed by atoms with Gasteiger partial charge in [-0.2, -0.15) is 0 Å². The van der Waals surface area contributed by atoms with Gasteiger partial charge in [0.2, 0.25) is 5.91 Å². The van der Waals surface area contributed by atoms with E-state index in [1.807, 2.05) is 78.9 Å². The summed E-state index contributed by atoms with van der Waals surface area (Å²) in [5.74, 6) is -0.252. The van der Waals surface area contributed by atoms with Gasteiger partial charge in [-0.15, -0.1) is 0 Å². The number of amides is 1. The molecule has 0 aliphatic carbocycles. The summed E-state index contributed by atoms with van der Waals surface area (Å²) in [5.41, 5.74) is 3.20. The van der Waals surface area contributed by atoms with E-state index >= 15 is 0 Å². The largest absolute Gasteiger partial charge is 0.348 e. The summed E-state index contributed by atoms with van der Waals surface area (Å²) in [6, 6.07) is 30.4. The molecule has 2 nitrogen and oxygen atoms in total. The quantitative estimate of drug-likeness (QED) is 0.537. The van der Waals surface area contributed by atoms with Crippen LogP contribution >= 0.6 is 0 Å². The minimum Gasteiger partial charge on any atom is -0.348 e. The van der Waals surface area contributed by atoms with Gasteiger partial charge in [0.25, 0.3) is 0 Å². The van der Waals surface area contributed by atoms with Crippen molar-refractivity contribution in [3.63, 3.8) is 0 Å². The van der Waals surface area contributed by atoms with Crippen molar-refractivity contribution < 1.29 is 4.79 Å². The molecule has 0 saturated carbocycles. The lowest BCUT2D eigenvalue weighted by Crippen LogP contribution is -2.33. The van der Waals surface area contributed by atoms with Crippen LogP contribution in [0.1, 0.15) is 54.8 Å². The van der Waals surface area contributed by atoms with Crippen molar-refractivity contribution in [2.45, 2.75) is 38.1 Å². The van der Waals surface area contributed by atoms with Crippen LogP contribution in [-0.2, 0) is 4.79 Å². The van der Waals surface area contributed by atoms with Crippen molar-refractivity contribution in [3.8, 4) is 0 Å². The molecule has 3 aromatic carbocycles. The Labute approximate surface area is 162 Å². The first-order chi connectivity index (χ1) is 13.3. The Balaban J connectivity index is 1.88. The lowest BCUT2D eigenvalue weighted by atomic mass is 9.89. The lowest BCUT2D eigenvalue weighted by molar-refractivity contribution is -0.122. The Morgan fingerprint density at radius 2 is 1.19 bits per heavy atom. The second-order valence-corrected chi connectivity index (χ2v) is 6.87. The number of unbranched alkanes of at least 4 members (excludes halogenated alkanes) is 1. The zero-order valence-electron chi connectivity index (χ0n) is 15.8. The topological polar surface area (TPSA) is 29.1 Å². The summed E-state index contributed by atoms with van der Waals surface area (Å²) in [6.07, 6.45) is 3.14. The first kappa shape index (κ1) is 18.9. The highest BCUT2D eigenvalue weighted by atomic mass is 16.1. The molecule has 1 N–H and O–H groups in total. The molecule has 3 rings (SSSR count). The number of benzene rings is 3. The van der Waals surface area contributed by atoms with Crippen molar-refractivity contribution in [1.82, 2.24) is 5.32 Å². The first-order valence-corrected chi connectivity index (χ1v) is 9.74. The van der Waals surface area contributed by atoms with E-state index in [2.05, 4.69) is 24.4 Å². The van der Waals surface area contributed by atoms with Crippen LogP contribution in [-0.4, -0.2) is 5.91 Å². The zero-order chi connectivity index (χ0) is 18.9. The second kappa shape index (κ2) is 9.72. The Morgan fingerprint density at radius 1 is 0.741 bits per heavy atom. The average Bonchev–Trinajstić information content (AvgIpc) is 2.73. The van der Waals surface area contributed by atoms with E-state index in [1.54, 1.807) is 0 Å². The molecule has 138 valence electrons. The van der Waals surface area contributed by atoms with E-state index in [-0.39, 0.29) is 17.9 Å². The number of rotatable bonds is 8. The van der Waals surface area contributed by atoms with Crippen LogP contribution in [0.15, 0.2) is 91.0 Å². The third-order valence-corrected chi connectivity index (χ3v) is 4.89. The van der Waals surface area contributed by atoms with Gasteiger partial charge in [0, 0.05) is 0 Å². The van der Waals surface area contributed by atoms with Crippen molar-refractivity contribution in [2.24, 2.45) is 0 Å². The highest BCUT2D eigenvalue weighted by Gasteiger charge is 2.25. The molecule has 0 aliphatic heterocycles. The van der Waals surface area contributed by atoms with Crippen LogP contribution in [0.2, 0.25) is 0 Å². The summed E-state index contributed by atoms with van der Waals surface area (Å²) in [7, 11) is 0. The van der Waals surface area contributed by atoms with Gasteiger partial charge in [-0.05, 0) is 23.1 Å². The Hall–Kier alpha value is -2.87. The Bertz CT molecular complexity index is 775. The predicted molar refractivity (Wildman–Crippen MR) is 112 cm³/mol. The molecule has 1 amide bonds. The maximum absolute atomic E-state index is 13.4. The molecule has 1 unspecified atom stereocenters. The van der Waals surface area contributed by atoms with Crippen LogP contribution in [0.4, 0.5) is 0 Å². The van der Waals surface area contributed by atoms with E-state index < -0.39 is 0 Å². The smallest absolute Gasteiger partial charge is 0.232 e. The van der Waals surface area contributed by atoms with Crippen LogP contribution in [0.3, 0.4) is 0 Å². The minimum absolute atomic E-state index is 0.0357. The van der Waals surface area contributed by atoms with Gasteiger partial charge in [-0.25, -0.2) is 0 Å². The van der Waals surface area contributed by atoms with Gasteiger partial charge >= 0.3 is 0 Å². The summed E-state index contributed by atoms with van der Waals surface area (Å²) in [6.45, 7) is 2.18. The Morgan fingerprint density at radius 3 is 1.63 bits per heavy atom. The van der Waals surface area contributed by atoms with Gasteiger partial charge in [0.15, 0.2) is 0 Å². The molecule has 1 atom stereocenters. The fourth-order valence-corrected chi connectivity index (χ4v) is 3.46. The van der Waals surface area contributed by atoms with E-state index in [1.165, 1.54) is 5.56 Å². The maximum atomic E-state index is 13.4. The third-order valence-electron chi connectivity index (χ3n) is 4.89. The van der Waals surface area contributed by atoms with E-state index in [9.17, 15) is 4.79 Å². The normalized spacial score (nSPS) is 11.9. The number of hydrogen-bond acceptors (Lipinski definition) is 1. The molecule has 0 bridgehead atoms. The zero-order valence-corrected chi connectivity index (χ0v) is 15.8. The molecule has 27 heavy (non-hydrogen) atoms. The van der Waals surface area contributed by atoms with Gasteiger partial charge in [-0.3, -0.25) is 4.79 Å².